The van der Waals surface area contributed by atoms with Crippen LogP contribution in [0.15, 0.2) is 24.3 Å². The highest BCUT2D eigenvalue weighted by Gasteiger charge is 2.48. The number of likely N-dealkylation sites (tertiary alicyclic amines) is 1. The Morgan fingerprint density at radius 2 is 1.75 bits per heavy atom. The third kappa shape index (κ3) is 2.70. The van der Waals surface area contributed by atoms with Gasteiger partial charge < -0.3 is 9.80 Å². The zero-order valence-corrected chi connectivity index (χ0v) is 13.8. The van der Waals surface area contributed by atoms with E-state index in [-0.39, 0.29) is 23.5 Å². The first-order valence-corrected chi connectivity index (χ1v) is 8.95. The third-order valence-corrected chi connectivity index (χ3v) is 5.69. The average molecular weight is 330 g/mol. The molecule has 3 fully saturated rings. The van der Waals surface area contributed by atoms with Crippen LogP contribution >= 0.6 is 0 Å². The number of piperidine rings is 2. The number of nitrogens with zero attached hydrogens (tertiary/aromatic N) is 2. The zero-order valence-electron chi connectivity index (χ0n) is 13.8. The minimum atomic E-state index is -0.449. The standard InChI is InChI=1S/C19H23FN2O2/c20-15-5-7-16(8-6-15)22-12-2-10-19(18(22)24)9-1-11-21(13-19)17(23)14-3-4-14/h5-8,14H,1-4,9-13H2. The minimum absolute atomic E-state index is 0.105. The Hall–Kier alpha value is -1.91. The highest BCUT2D eigenvalue weighted by Crippen LogP contribution is 2.42. The molecular weight excluding hydrogens is 307 g/mol. The molecule has 1 aliphatic carbocycles. The molecule has 4 nitrogen and oxygen atoms in total. The highest BCUT2D eigenvalue weighted by molar-refractivity contribution is 5.99. The number of amides is 2. The number of rotatable bonds is 2. The quantitative estimate of drug-likeness (QED) is 0.836. The summed E-state index contributed by atoms with van der Waals surface area (Å²) in [6.45, 7) is 2.00. The maximum absolute atomic E-state index is 13.2. The molecule has 4 rings (SSSR count). The molecule has 1 aromatic carbocycles. The van der Waals surface area contributed by atoms with Crippen LogP contribution in [0, 0.1) is 17.2 Å². The van der Waals surface area contributed by atoms with E-state index in [2.05, 4.69) is 0 Å². The Morgan fingerprint density at radius 1 is 1.08 bits per heavy atom. The van der Waals surface area contributed by atoms with Gasteiger partial charge in [-0.1, -0.05) is 0 Å². The Morgan fingerprint density at radius 3 is 2.42 bits per heavy atom. The normalized spacial score (nSPS) is 27.6. The summed E-state index contributed by atoms with van der Waals surface area (Å²) in [5.41, 5.74) is 0.307. The van der Waals surface area contributed by atoms with Crippen LogP contribution in [0.4, 0.5) is 10.1 Å². The van der Waals surface area contributed by atoms with E-state index in [1.165, 1.54) is 12.1 Å². The Labute approximate surface area is 141 Å². The maximum Gasteiger partial charge on any atom is 0.234 e. The highest BCUT2D eigenvalue weighted by atomic mass is 19.1. The number of hydrogen-bond acceptors (Lipinski definition) is 2. The fourth-order valence-electron chi connectivity index (χ4n) is 4.22. The molecule has 0 aromatic heterocycles. The van der Waals surface area contributed by atoms with Crippen molar-refractivity contribution in [2.45, 2.75) is 38.5 Å². The van der Waals surface area contributed by atoms with Gasteiger partial charge in [-0.2, -0.15) is 0 Å². The predicted octanol–water partition coefficient (Wildman–Crippen LogP) is 2.97. The lowest BCUT2D eigenvalue weighted by molar-refractivity contribution is -0.142. The van der Waals surface area contributed by atoms with Crippen LogP contribution in [0.3, 0.4) is 0 Å². The molecule has 5 heteroatoms. The molecule has 0 radical (unpaired) electrons. The fourth-order valence-corrected chi connectivity index (χ4v) is 4.22. The van der Waals surface area contributed by atoms with Crippen LogP contribution in [0.5, 0.6) is 0 Å². The molecule has 2 amide bonds. The summed E-state index contributed by atoms with van der Waals surface area (Å²) in [4.78, 5) is 29.4. The summed E-state index contributed by atoms with van der Waals surface area (Å²) >= 11 is 0. The molecule has 2 heterocycles. The molecule has 128 valence electrons. The van der Waals surface area contributed by atoms with Crippen LogP contribution in [-0.4, -0.2) is 36.3 Å². The van der Waals surface area contributed by atoms with Gasteiger partial charge in [-0.25, -0.2) is 4.39 Å². The first kappa shape index (κ1) is 15.6. The second-order valence-corrected chi connectivity index (χ2v) is 7.45. The van der Waals surface area contributed by atoms with Crippen LogP contribution in [0.2, 0.25) is 0 Å². The van der Waals surface area contributed by atoms with Gasteiger partial charge in [0, 0.05) is 31.2 Å². The van der Waals surface area contributed by atoms with Crippen molar-refractivity contribution in [2.24, 2.45) is 11.3 Å². The van der Waals surface area contributed by atoms with Gasteiger partial charge in [-0.05, 0) is 62.8 Å². The summed E-state index contributed by atoms with van der Waals surface area (Å²) in [5, 5.41) is 0. The number of carbonyl (C=O) groups is 2. The summed E-state index contributed by atoms with van der Waals surface area (Å²) in [7, 11) is 0. The third-order valence-electron chi connectivity index (χ3n) is 5.69. The van der Waals surface area contributed by atoms with E-state index < -0.39 is 5.41 Å². The maximum atomic E-state index is 13.2. The van der Waals surface area contributed by atoms with Gasteiger partial charge in [0.1, 0.15) is 5.82 Å². The van der Waals surface area contributed by atoms with Crippen LogP contribution in [0.25, 0.3) is 0 Å². The molecule has 1 spiro atoms. The van der Waals surface area contributed by atoms with Crippen molar-refractivity contribution >= 4 is 17.5 Å². The monoisotopic (exact) mass is 330 g/mol. The summed E-state index contributed by atoms with van der Waals surface area (Å²) in [6.07, 6.45) is 5.50. The van der Waals surface area contributed by atoms with E-state index >= 15 is 0 Å². The van der Waals surface area contributed by atoms with E-state index in [0.717, 1.165) is 50.8 Å². The van der Waals surface area contributed by atoms with Gasteiger partial charge in [0.15, 0.2) is 0 Å². The van der Waals surface area contributed by atoms with Crippen molar-refractivity contribution in [3.8, 4) is 0 Å². The largest absolute Gasteiger partial charge is 0.341 e. The van der Waals surface area contributed by atoms with Crippen LogP contribution < -0.4 is 4.90 Å². The lowest BCUT2D eigenvalue weighted by Crippen LogP contribution is -2.57. The molecule has 1 atom stereocenters. The Kier molecular flexibility index (Phi) is 3.82. The smallest absolute Gasteiger partial charge is 0.234 e. The van der Waals surface area contributed by atoms with Crippen LogP contribution in [-0.2, 0) is 9.59 Å². The average Bonchev–Trinajstić information content (AvgIpc) is 3.43. The molecule has 0 bridgehead atoms. The predicted molar refractivity (Wildman–Crippen MR) is 89.0 cm³/mol. The molecule has 1 aromatic rings. The first-order chi connectivity index (χ1) is 11.6. The number of benzene rings is 1. The van der Waals surface area contributed by atoms with Crippen LogP contribution in [0.1, 0.15) is 38.5 Å². The molecule has 1 saturated carbocycles. The second-order valence-electron chi connectivity index (χ2n) is 7.45. The van der Waals surface area contributed by atoms with Gasteiger partial charge >= 0.3 is 0 Å². The molecule has 3 aliphatic rings. The molecule has 2 aliphatic heterocycles. The second kappa shape index (κ2) is 5.87. The van der Waals surface area contributed by atoms with E-state index in [1.54, 1.807) is 17.0 Å². The van der Waals surface area contributed by atoms with E-state index in [1.807, 2.05) is 4.90 Å². The van der Waals surface area contributed by atoms with Gasteiger partial charge in [0.2, 0.25) is 11.8 Å². The lowest BCUT2D eigenvalue weighted by atomic mass is 9.72. The first-order valence-electron chi connectivity index (χ1n) is 8.95. The molecular formula is C19H23FN2O2. The van der Waals surface area contributed by atoms with Crippen molar-refractivity contribution in [3.63, 3.8) is 0 Å². The summed E-state index contributed by atoms with van der Waals surface area (Å²) in [5.74, 6) is 0.248. The number of anilines is 1. The number of hydrogen-bond donors (Lipinski definition) is 0. The van der Waals surface area contributed by atoms with E-state index in [4.69, 9.17) is 0 Å². The number of halogens is 1. The Balaban J connectivity index is 1.56. The summed E-state index contributed by atoms with van der Waals surface area (Å²) < 4.78 is 13.2. The molecule has 1 unspecified atom stereocenters. The summed E-state index contributed by atoms with van der Waals surface area (Å²) in [6, 6.07) is 6.13. The lowest BCUT2D eigenvalue weighted by Gasteiger charge is -2.47. The van der Waals surface area contributed by atoms with E-state index in [9.17, 15) is 14.0 Å². The number of carbonyl (C=O) groups excluding carboxylic acids is 2. The van der Waals surface area contributed by atoms with Crippen molar-refractivity contribution < 1.29 is 14.0 Å². The fraction of sp³-hybridized carbons (Fsp3) is 0.579. The SMILES string of the molecule is O=C(C1CC1)N1CCCC2(CCCN(c3ccc(F)cc3)C2=O)C1. The minimum Gasteiger partial charge on any atom is -0.341 e. The topological polar surface area (TPSA) is 40.6 Å². The Bertz CT molecular complexity index is 652. The van der Waals surface area contributed by atoms with Gasteiger partial charge in [-0.3, -0.25) is 9.59 Å². The van der Waals surface area contributed by atoms with Gasteiger partial charge in [0.25, 0.3) is 0 Å². The zero-order chi connectivity index (χ0) is 16.7. The van der Waals surface area contributed by atoms with Crippen molar-refractivity contribution in [2.75, 3.05) is 24.5 Å². The van der Waals surface area contributed by atoms with Crippen molar-refractivity contribution in [3.05, 3.63) is 30.1 Å². The molecule has 24 heavy (non-hydrogen) atoms. The van der Waals surface area contributed by atoms with Crippen molar-refractivity contribution in [1.82, 2.24) is 4.90 Å². The van der Waals surface area contributed by atoms with E-state index in [0.29, 0.717) is 13.1 Å². The molecule has 2 saturated heterocycles. The van der Waals surface area contributed by atoms with Gasteiger partial charge in [0.05, 0.1) is 5.41 Å². The van der Waals surface area contributed by atoms with Crippen molar-refractivity contribution in [1.29, 1.82) is 0 Å². The molecule has 0 N–H and O–H groups in total. The van der Waals surface area contributed by atoms with Gasteiger partial charge in [-0.15, -0.1) is 0 Å².